The highest BCUT2D eigenvalue weighted by molar-refractivity contribution is 6.33. The zero-order valence-corrected chi connectivity index (χ0v) is 22.6. The number of likely N-dealkylation sites (tertiary alicyclic amines) is 1. The average molecular weight is 539 g/mol. The molecule has 2 amide bonds. The lowest BCUT2D eigenvalue weighted by molar-refractivity contribution is 0.0764. The average Bonchev–Trinajstić information content (AvgIpc) is 3.57. The van der Waals surface area contributed by atoms with Crippen LogP contribution in [0.3, 0.4) is 0 Å². The molecular weight excluding hydrogens is 508 g/mol. The molecule has 39 heavy (non-hydrogen) atoms. The summed E-state index contributed by atoms with van der Waals surface area (Å²) < 4.78 is 0. The van der Waals surface area contributed by atoms with E-state index in [0.29, 0.717) is 21.7 Å². The van der Waals surface area contributed by atoms with Crippen molar-refractivity contribution in [2.75, 3.05) is 31.1 Å². The van der Waals surface area contributed by atoms with Crippen LogP contribution < -0.4 is 10.2 Å². The fraction of sp³-hybridized carbons (Fsp3) is 0.344. The number of anilines is 1. The fourth-order valence-corrected chi connectivity index (χ4v) is 6.67. The lowest BCUT2D eigenvalue weighted by Crippen LogP contribution is -2.42. The Morgan fingerprint density at radius 1 is 0.974 bits per heavy atom. The highest BCUT2D eigenvalue weighted by Gasteiger charge is 2.42. The maximum atomic E-state index is 13.6. The van der Waals surface area contributed by atoms with Crippen LogP contribution in [0.1, 0.15) is 69.1 Å². The van der Waals surface area contributed by atoms with Gasteiger partial charge in [0, 0.05) is 37.4 Å². The highest BCUT2D eigenvalue weighted by atomic mass is 35.5. The molecule has 0 radical (unpaired) electrons. The van der Waals surface area contributed by atoms with Gasteiger partial charge >= 0.3 is 0 Å². The summed E-state index contributed by atoms with van der Waals surface area (Å²) in [5.74, 6) is -0.115. The van der Waals surface area contributed by atoms with Gasteiger partial charge in [-0.15, -0.1) is 0 Å². The number of nitrogens with zero attached hydrogens (tertiary/aromatic N) is 3. The van der Waals surface area contributed by atoms with E-state index in [4.69, 9.17) is 16.9 Å². The van der Waals surface area contributed by atoms with Crippen molar-refractivity contribution in [2.45, 2.75) is 38.1 Å². The predicted molar refractivity (Wildman–Crippen MR) is 152 cm³/mol. The number of hydrogen-bond donors (Lipinski definition) is 1. The number of nitriles is 1. The Hall–Kier alpha value is -3.82. The van der Waals surface area contributed by atoms with Gasteiger partial charge in [-0.25, -0.2) is 0 Å². The van der Waals surface area contributed by atoms with Crippen LogP contribution in [0.25, 0.3) is 0 Å². The molecule has 0 aromatic heterocycles. The van der Waals surface area contributed by atoms with Gasteiger partial charge in [0.25, 0.3) is 11.8 Å². The summed E-state index contributed by atoms with van der Waals surface area (Å²) in [7, 11) is 0. The molecule has 7 heteroatoms. The van der Waals surface area contributed by atoms with Crippen LogP contribution in [-0.2, 0) is 6.42 Å². The monoisotopic (exact) mass is 538 g/mol. The van der Waals surface area contributed by atoms with E-state index in [9.17, 15) is 9.59 Å². The molecule has 6 nitrogen and oxygen atoms in total. The molecule has 0 unspecified atom stereocenters. The minimum absolute atomic E-state index is 0.0762. The summed E-state index contributed by atoms with van der Waals surface area (Å²) in [5.41, 5.74) is 5.38. The highest BCUT2D eigenvalue weighted by Crippen LogP contribution is 2.42. The Morgan fingerprint density at radius 3 is 2.46 bits per heavy atom. The standard InChI is InChI=1S/C32H31ClN4O2/c33-28-4-2-1-3-26(28)30(38)35-29-12-9-23-7-8-24(19-27(23)29)31(39)37-18-15-32(21-37)13-16-36(17-14-32)25-10-5-22(20-34)6-11-25/h1-8,10-11,19,29H,9,12-18,21H2,(H,35,38)/t29-/m1/s1. The molecule has 0 saturated carbocycles. The van der Waals surface area contributed by atoms with Gasteiger partial charge in [0.05, 0.1) is 28.3 Å². The molecule has 3 aromatic rings. The van der Waals surface area contributed by atoms with Crippen molar-refractivity contribution < 1.29 is 9.59 Å². The van der Waals surface area contributed by atoms with Gasteiger partial charge in [0.1, 0.15) is 0 Å². The zero-order valence-electron chi connectivity index (χ0n) is 21.8. The molecule has 2 fully saturated rings. The van der Waals surface area contributed by atoms with Crippen LogP contribution in [0, 0.1) is 16.7 Å². The number of piperidine rings is 1. The molecule has 1 atom stereocenters. The topological polar surface area (TPSA) is 76.4 Å². The first-order chi connectivity index (χ1) is 18.9. The number of amides is 2. The van der Waals surface area contributed by atoms with Crippen LogP contribution in [0.15, 0.2) is 66.7 Å². The van der Waals surface area contributed by atoms with Gasteiger partial charge in [-0.05, 0) is 97.2 Å². The van der Waals surface area contributed by atoms with Crippen LogP contribution in [0.2, 0.25) is 5.02 Å². The molecule has 1 spiro atoms. The second kappa shape index (κ2) is 10.4. The van der Waals surface area contributed by atoms with Crippen LogP contribution in [0.4, 0.5) is 5.69 Å². The molecule has 1 aliphatic carbocycles. The third-order valence-corrected chi connectivity index (χ3v) is 9.14. The van der Waals surface area contributed by atoms with E-state index in [-0.39, 0.29) is 23.3 Å². The van der Waals surface area contributed by atoms with Gasteiger partial charge in [0.2, 0.25) is 0 Å². The Balaban J connectivity index is 1.10. The number of fused-ring (bicyclic) bond motifs is 1. The third-order valence-electron chi connectivity index (χ3n) is 8.81. The van der Waals surface area contributed by atoms with E-state index in [1.54, 1.807) is 18.2 Å². The van der Waals surface area contributed by atoms with Crippen molar-refractivity contribution in [3.8, 4) is 6.07 Å². The van der Waals surface area contributed by atoms with Crippen molar-refractivity contribution in [2.24, 2.45) is 5.41 Å². The van der Waals surface area contributed by atoms with Crippen molar-refractivity contribution >= 4 is 29.1 Å². The maximum absolute atomic E-state index is 13.6. The van der Waals surface area contributed by atoms with E-state index < -0.39 is 0 Å². The van der Waals surface area contributed by atoms with Crippen LogP contribution in [0.5, 0.6) is 0 Å². The molecule has 0 bridgehead atoms. The Kier molecular flexibility index (Phi) is 6.78. The molecule has 1 N–H and O–H groups in total. The third kappa shape index (κ3) is 4.99. The maximum Gasteiger partial charge on any atom is 0.253 e. The SMILES string of the molecule is N#Cc1ccc(N2CCC3(CCN(C(=O)c4ccc5c(c4)[C@H](NC(=O)c4ccccc4Cl)CC5)C3)CC2)cc1. The normalized spacial score (nSPS) is 19.5. The number of nitrogens with one attached hydrogen (secondary N) is 1. The summed E-state index contributed by atoms with van der Waals surface area (Å²) >= 11 is 6.23. The van der Waals surface area contributed by atoms with Crippen molar-refractivity contribution in [3.63, 3.8) is 0 Å². The first-order valence-electron chi connectivity index (χ1n) is 13.7. The first-order valence-corrected chi connectivity index (χ1v) is 14.1. The molecule has 2 saturated heterocycles. The number of halogens is 1. The summed E-state index contributed by atoms with van der Waals surface area (Å²) in [6.07, 6.45) is 4.82. The van der Waals surface area contributed by atoms with E-state index in [1.165, 1.54) is 5.56 Å². The smallest absolute Gasteiger partial charge is 0.253 e. The summed E-state index contributed by atoms with van der Waals surface area (Å²) in [6, 6.07) is 22.9. The Bertz CT molecular complexity index is 1450. The molecule has 3 aromatic carbocycles. The number of aryl methyl sites for hydroxylation is 1. The van der Waals surface area contributed by atoms with Gasteiger partial charge in [-0.2, -0.15) is 5.26 Å². The fourth-order valence-electron chi connectivity index (χ4n) is 6.45. The zero-order chi connectivity index (χ0) is 27.0. The van der Waals surface area contributed by atoms with Crippen molar-refractivity contribution in [3.05, 3.63) is 99.6 Å². The van der Waals surface area contributed by atoms with Crippen LogP contribution in [-0.4, -0.2) is 42.9 Å². The quantitative estimate of drug-likeness (QED) is 0.458. The summed E-state index contributed by atoms with van der Waals surface area (Å²) in [4.78, 5) is 30.9. The lowest BCUT2D eigenvalue weighted by Gasteiger charge is -2.40. The van der Waals surface area contributed by atoms with Gasteiger partial charge in [0.15, 0.2) is 0 Å². The van der Waals surface area contributed by atoms with E-state index >= 15 is 0 Å². The largest absolute Gasteiger partial charge is 0.371 e. The molecule has 2 heterocycles. The van der Waals surface area contributed by atoms with Gasteiger partial charge in [-0.3, -0.25) is 9.59 Å². The number of hydrogen-bond acceptors (Lipinski definition) is 4. The number of benzene rings is 3. The summed E-state index contributed by atoms with van der Waals surface area (Å²) in [5, 5.41) is 12.6. The minimum atomic E-state index is -0.191. The number of carbonyl (C=O) groups is 2. The lowest BCUT2D eigenvalue weighted by atomic mass is 9.77. The molecule has 2 aliphatic heterocycles. The van der Waals surface area contributed by atoms with E-state index in [2.05, 4.69) is 16.3 Å². The second-order valence-electron chi connectivity index (χ2n) is 11.1. The number of rotatable bonds is 4. The first kappa shape index (κ1) is 25.5. The Morgan fingerprint density at radius 2 is 1.72 bits per heavy atom. The van der Waals surface area contributed by atoms with Gasteiger partial charge in [-0.1, -0.05) is 29.8 Å². The number of carbonyl (C=O) groups excluding carboxylic acids is 2. The van der Waals surface area contributed by atoms with Crippen molar-refractivity contribution in [1.82, 2.24) is 10.2 Å². The molecular formula is C32H31ClN4O2. The molecule has 3 aliphatic rings. The van der Waals surface area contributed by atoms with Gasteiger partial charge < -0.3 is 15.1 Å². The van der Waals surface area contributed by atoms with Crippen LogP contribution >= 0.6 is 11.6 Å². The Labute approximate surface area is 234 Å². The van der Waals surface area contributed by atoms with E-state index in [0.717, 1.165) is 69.5 Å². The second-order valence-corrected chi connectivity index (χ2v) is 11.5. The minimum Gasteiger partial charge on any atom is -0.371 e. The van der Waals surface area contributed by atoms with Crippen molar-refractivity contribution in [1.29, 1.82) is 5.26 Å². The molecule has 198 valence electrons. The summed E-state index contributed by atoms with van der Waals surface area (Å²) in [6.45, 7) is 3.48. The van der Waals surface area contributed by atoms with E-state index in [1.807, 2.05) is 53.4 Å². The molecule has 6 rings (SSSR count). The predicted octanol–water partition coefficient (Wildman–Crippen LogP) is 5.76.